The molecule has 2 aromatic rings. The second-order valence-electron chi connectivity index (χ2n) is 5.63. The van der Waals surface area contributed by atoms with E-state index in [-0.39, 0.29) is 5.91 Å². The predicted molar refractivity (Wildman–Crippen MR) is 82.4 cm³/mol. The number of benzene rings is 1. The van der Waals surface area contributed by atoms with E-state index in [2.05, 4.69) is 5.16 Å². The van der Waals surface area contributed by atoms with Gasteiger partial charge in [0.25, 0.3) is 0 Å². The Morgan fingerprint density at radius 3 is 3.14 bits per heavy atom. The zero-order valence-electron chi connectivity index (χ0n) is 11.9. The molecule has 2 heterocycles. The number of carbonyl (C=O) groups is 1. The summed E-state index contributed by atoms with van der Waals surface area (Å²) in [6, 6.07) is 7.65. The highest BCUT2D eigenvalue weighted by Crippen LogP contribution is 2.22. The number of amides is 1. The van der Waals surface area contributed by atoms with Crippen molar-refractivity contribution < 1.29 is 9.32 Å². The first-order chi connectivity index (χ1) is 10.3. The Bertz CT molecular complexity index is 624. The van der Waals surface area contributed by atoms with E-state index < -0.39 is 0 Å². The fraction of sp³-hybridized carbons (Fsp3) is 0.500. The molecule has 1 aliphatic heterocycles. The number of alkyl halides is 1. The largest absolute Gasteiger partial charge is 0.356 e. The van der Waals surface area contributed by atoms with Crippen molar-refractivity contribution in [3.63, 3.8) is 0 Å². The molecule has 3 rings (SSSR count). The second kappa shape index (κ2) is 6.48. The quantitative estimate of drug-likeness (QED) is 0.815. The fourth-order valence-corrected chi connectivity index (χ4v) is 3.31. The topological polar surface area (TPSA) is 46.3 Å². The van der Waals surface area contributed by atoms with E-state index >= 15 is 0 Å². The zero-order valence-corrected chi connectivity index (χ0v) is 12.7. The molecule has 1 aromatic carbocycles. The summed E-state index contributed by atoms with van der Waals surface area (Å²) in [6.07, 6.45) is 3.53. The zero-order chi connectivity index (χ0) is 14.7. The molecule has 0 bridgehead atoms. The molecule has 4 nitrogen and oxygen atoms in total. The molecule has 5 heteroatoms. The number of hydrogen-bond acceptors (Lipinski definition) is 3. The van der Waals surface area contributed by atoms with Crippen LogP contribution in [-0.4, -0.2) is 34.9 Å². The Labute approximate surface area is 129 Å². The highest BCUT2D eigenvalue weighted by molar-refractivity contribution is 6.17. The van der Waals surface area contributed by atoms with Gasteiger partial charge < -0.3 is 9.42 Å². The van der Waals surface area contributed by atoms with Gasteiger partial charge in [-0.15, -0.1) is 11.6 Å². The lowest BCUT2D eigenvalue weighted by atomic mass is 9.95. The van der Waals surface area contributed by atoms with Gasteiger partial charge in [0.2, 0.25) is 5.91 Å². The Balaban J connectivity index is 1.68. The maximum Gasteiger partial charge on any atom is 0.228 e. The van der Waals surface area contributed by atoms with Crippen molar-refractivity contribution in [2.24, 2.45) is 5.92 Å². The van der Waals surface area contributed by atoms with E-state index in [0.717, 1.165) is 42.6 Å². The maximum atomic E-state index is 12.5. The lowest BCUT2D eigenvalue weighted by Crippen LogP contribution is -2.40. The highest BCUT2D eigenvalue weighted by Gasteiger charge is 2.24. The van der Waals surface area contributed by atoms with E-state index in [4.69, 9.17) is 16.1 Å². The fourth-order valence-electron chi connectivity index (χ4n) is 3.00. The average Bonchev–Trinajstić information content (AvgIpc) is 2.91. The van der Waals surface area contributed by atoms with Crippen molar-refractivity contribution in [2.75, 3.05) is 19.0 Å². The number of halogens is 1. The van der Waals surface area contributed by atoms with Crippen molar-refractivity contribution in [3.8, 4) is 0 Å². The molecule has 1 unspecified atom stereocenters. The average molecular weight is 307 g/mol. The van der Waals surface area contributed by atoms with Crippen LogP contribution < -0.4 is 0 Å². The van der Waals surface area contributed by atoms with Crippen LogP contribution in [0.5, 0.6) is 0 Å². The molecule has 21 heavy (non-hydrogen) atoms. The van der Waals surface area contributed by atoms with Crippen LogP contribution in [0.4, 0.5) is 0 Å². The lowest BCUT2D eigenvalue weighted by molar-refractivity contribution is -0.132. The number of likely N-dealkylation sites (tertiary alicyclic amines) is 1. The van der Waals surface area contributed by atoms with Crippen molar-refractivity contribution in [1.29, 1.82) is 0 Å². The molecule has 0 radical (unpaired) electrons. The standard InChI is InChI=1S/C16H19ClN2O2/c17-8-7-12-4-3-9-19(11-12)16(20)10-14-13-5-1-2-6-15(13)21-18-14/h1-2,5-6,12H,3-4,7-11H2. The molecule has 0 N–H and O–H groups in total. The number of para-hydroxylation sites is 1. The first kappa shape index (κ1) is 14.4. The number of carbonyl (C=O) groups excluding carboxylic acids is 1. The van der Waals surface area contributed by atoms with Crippen LogP contribution in [0.3, 0.4) is 0 Å². The molecule has 112 valence electrons. The summed E-state index contributed by atoms with van der Waals surface area (Å²) in [5, 5.41) is 4.97. The molecule has 0 spiro atoms. The number of aromatic nitrogens is 1. The van der Waals surface area contributed by atoms with Gasteiger partial charge in [-0.2, -0.15) is 0 Å². The minimum absolute atomic E-state index is 0.133. The van der Waals surface area contributed by atoms with E-state index in [9.17, 15) is 4.79 Å². The van der Waals surface area contributed by atoms with Gasteiger partial charge in [0.1, 0.15) is 5.69 Å². The number of fused-ring (bicyclic) bond motifs is 1. The highest BCUT2D eigenvalue weighted by atomic mass is 35.5. The third-order valence-electron chi connectivity index (χ3n) is 4.16. The molecule has 1 amide bonds. The van der Waals surface area contributed by atoms with Gasteiger partial charge in [0.15, 0.2) is 5.58 Å². The molecule has 0 aliphatic carbocycles. The van der Waals surface area contributed by atoms with Crippen LogP contribution in [0.2, 0.25) is 0 Å². The summed E-state index contributed by atoms with van der Waals surface area (Å²) in [7, 11) is 0. The molecule has 1 saturated heterocycles. The lowest BCUT2D eigenvalue weighted by Gasteiger charge is -2.32. The summed E-state index contributed by atoms with van der Waals surface area (Å²) in [4.78, 5) is 14.4. The minimum Gasteiger partial charge on any atom is -0.356 e. The van der Waals surface area contributed by atoms with Gasteiger partial charge >= 0.3 is 0 Å². The molecule has 1 atom stereocenters. The molecule has 1 aliphatic rings. The smallest absolute Gasteiger partial charge is 0.228 e. The number of rotatable bonds is 4. The Morgan fingerprint density at radius 1 is 1.43 bits per heavy atom. The van der Waals surface area contributed by atoms with E-state index in [1.165, 1.54) is 6.42 Å². The van der Waals surface area contributed by atoms with Crippen LogP contribution >= 0.6 is 11.6 Å². The number of nitrogens with zero attached hydrogens (tertiary/aromatic N) is 2. The summed E-state index contributed by atoms with van der Waals surface area (Å²) in [6.45, 7) is 1.66. The van der Waals surface area contributed by atoms with Crippen LogP contribution in [0, 0.1) is 5.92 Å². The summed E-state index contributed by atoms with van der Waals surface area (Å²) < 4.78 is 5.26. The van der Waals surface area contributed by atoms with E-state index in [0.29, 0.717) is 18.2 Å². The van der Waals surface area contributed by atoms with Gasteiger partial charge in [-0.3, -0.25) is 4.79 Å². The van der Waals surface area contributed by atoms with Crippen molar-refractivity contribution in [3.05, 3.63) is 30.0 Å². The van der Waals surface area contributed by atoms with Crippen molar-refractivity contribution >= 4 is 28.5 Å². The Kier molecular flexibility index (Phi) is 4.44. The predicted octanol–water partition coefficient (Wildman–Crippen LogP) is 3.24. The molecule has 0 saturated carbocycles. The van der Waals surface area contributed by atoms with Gasteiger partial charge in [0, 0.05) is 24.4 Å². The third-order valence-corrected chi connectivity index (χ3v) is 4.38. The van der Waals surface area contributed by atoms with E-state index in [1.54, 1.807) is 0 Å². The van der Waals surface area contributed by atoms with Crippen LogP contribution in [-0.2, 0) is 11.2 Å². The molecular formula is C16H19ClN2O2. The minimum atomic E-state index is 0.133. The first-order valence-corrected chi connectivity index (χ1v) is 7.98. The number of hydrogen-bond donors (Lipinski definition) is 0. The number of piperidine rings is 1. The molecular weight excluding hydrogens is 288 g/mol. The van der Waals surface area contributed by atoms with Crippen molar-refractivity contribution in [1.82, 2.24) is 10.1 Å². The summed E-state index contributed by atoms with van der Waals surface area (Å²) in [5.41, 5.74) is 1.47. The Morgan fingerprint density at radius 2 is 2.29 bits per heavy atom. The normalized spacial score (nSPS) is 19.1. The maximum absolute atomic E-state index is 12.5. The molecule has 1 aromatic heterocycles. The van der Waals surface area contributed by atoms with Crippen molar-refractivity contribution in [2.45, 2.75) is 25.7 Å². The van der Waals surface area contributed by atoms with Gasteiger partial charge in [0.05, 0.1) is 6.42 Å². The van der Waals surface area contributed by atoms with Gasteiger partial charge in [-0.1, -0.05) is 17.3 Å². The third kappa shape index (κ3) is 3.21. The molecule has 1 fully saturated rings. The first-order valence-electron chi connectivity index (χ1n) is 7.45. The summed E-state index contributed by atoms with van der Waals surface area (Å²) in [5.74, 6) is 1.34. The van der Waals surface area contributed by atoms with Gasteiger partial charge in [-0.05, 0) is 37.3 Å². The van der Waals surface area contributed by atoms with Crippen LogP contribution in [0.1, 0.15) is 25.0 Å². The monoisotopic (exact) mass is 306 g/mol. The van der Waals surface area contributed by atoms with E-state index in [1.807, 2.05) is 29.2 Å². The second-order valence-corrected chi connectivity index (χ2v) is 6.01. The van der Waals surface area contributed by atoms with Crippen LogP contribution in [0.25, 0.3) is 11.0 Å². The summed E-state index contributed by atoms with van der Waals surface area (Å²) >= 11 is 5.82. The van der Waals surface area contributed by atoms with Crippen LogP contribution in [0.15, 0.2) is 28.8 Å². The van der Waals surface area contributed by atoms with Gasteiger partial charge in [-0.25, -0.2) is 0 Å². The Hall–Kier alpha value is -1.55. The SMILES string of the molecule is O=C(Cc1noc2ccccc12)N1CCCC(CCCl)C1.